The summed E-state index contributed by atoms with van der Waals surface area (Å²) in [6.07, 6.45) is -0.995. The van der Waals surface area contributed by atoms with Gasteiger partial charge in [-0.3, -0.25) is 0 Å². The number of aliphatic hydroxyl groups excluding tert-OH is 1. The number of benzene rings is 1. The van der Waals surface area contributed by atoms with Crippen LogP contribution in [0.25, 0.3) is 11.4 Å². The summed E-state index contributed by atoms with van der Waals surface area (Å²) in [5, 5.41) is 13.1. The van der Waals surface area contributed by atoms with Gasteiger partial charge in [-0.25, -0.2) is 4.39 Å². The number of aromatic nitrogens is 2. The van der Waals surface area contributed by atoms with E-state index in [9.17, 15) is 9.50 Å². The molecule has 17 heavy (non-hydrogen) atoms. The Morgan fingerprint density at radius 2 is 2.24 bits per heavy atom. The van der Waals surface area contributed by atoms with Crippen LogP contribution in [0, 0.1) is 12.7 Å². The van der Waals surface area contributed by atoms with Crippen LogP contribution in [0.15, 0.2) is 22.7 Å². The van der Waals surface area contributed by atoms with E-state index in [0.717, 1.165) is 5.56 Å². The lowest BCUT2D eigenvalue weighted by Gasteiger charge is -1.99. The van der Waals surface area contributed by atoms with Crippen LogP contribution in [-0.4, -0.2) is 21.8 Å². The first kappa shape index (κ1) is 11.7. The molecule has 2 rings (SSSR count). The van der Waals surface area contributed by atoms with Crippen molar-refractivity contribution in [2.75, 3.05) is 6.54 Å². The van der Waals surface area contributed by atoms with Gasteiger partial charge in [0.05, 0.1) is 0 Å². The highest BCUT2D eigenvalue weighted by atomic mass is 19.1. The van der Waals surface area contributed by atoms with E-state index in [1.807, 2.05) is 0 Å². The average molecular weight is 237 g/mol. The molecule has 0 saturated heterocycles. The third-order valence-corrected chi connectivity index (χ3v) is 2.25. The summed E-state index contributed by atoms with van der Waals surface area (Å²) in [6.45, 7) is 1.76. The Kier molecular flexibility index (Phi) is 3.16. The summed E-state index contributed by atoms with van der Waals surface area (Å²) < 4.78 is 18.0. The molecule has 0 saturated carbocycles. The van der Waals surface area contributed by atoms with Crippen molar-refractivity contribution in [3.05, 3.63) is 35.5 Å². The number of nitrogens with two attached hydrogens (primary N) is 1. The average Bonchev–Trinajstić information content (AvgIpc) is 2.76. The minimum Gasteiger partial charge on any atom is -0.382 e. The molecule has 0 aliphatic heterocycles. The fourth-order valence-corrected chi connectivity index (χ4v) is 1.45. The Morgan fingerprint density at radius 3 is 2.88 bits per heavy atom. The molecule has 5 nitrogen and oxygen atoms in total. The second-order valence-electron chi connectivity index (χ2n) is 3.72. The van der Waals surface area contributed by atoms with Crippen LogP contribution in [-0.2, 0) is 0 Å². The van der Waals surface area contributed by atoms with Gasteiger partial charge in [-0.05, 0) is 30.7 Å². The monoisotopic (exact) mass is 237 g/mol. The first-order valence-corrected chi connectivity index (χ1v) is 5.09. The molecule has 0 aliphatic carbocycles. The summed E-state index contributed by atoms with van der Waals surface area (Å²) in [7, 11) is 0. The highest BCUT2D eigenvalue weighted by molar-refractivity contribution is 5.55. The summed E-state index contributed by atoms with van der Waals surface area (Å²) in [5.41, 5.74) is 6.52. The maximum atomic E-state index is 13.2. The lowest BCUT2D eigenvalue weighted by molar-refractivity contribution is 0.141. The molecule has 1 heterocycles. The van der Waals surface area contributed by atoms with E-state index >= 15 is 0 Å². The Morgan fingerprint density at radius 1 is 1.47 bits per heavy atom. The van der Waals surface area contributed by atoms with Crippen molar-refractivity contribution < 1.29 is 14.0 Å². The molecule has 0 radical (unpaired) electrons. The highest BCUT2D eigenvalue weighted by Gasteiger charge is 2.15. The summed E-state index contributed by atoms with van der Waals surface area (Å²) >= 11 is 0. The Balaban J connectivity index is 2.36. The number of hydrogen-bond donors (Lipinski definition) is 2. The van der Waals surface area contributed by atoms with E-state index < -0.39 is 6.10 Å². The Hall–Kier alpha value is -1.79. The van der Waals surface area contributed by atoms with Gasteiger partial charge in [0.1, 0.15) is 11.9 Å². The third kappa shape index (κ3) is 2.48. The van der Waals surface area contributed by atoms with Gasteiger partial charge in [0.15, 0.2) is 0 Å². The van der Waals surface area contributed by atoms with E-state index in [0.29, 0.717) is 5.56 Å². The van der Waals surface area contributed by atoms with Crippen LogP contribution in [0.5, 0.6) is 0 Å². The van der Waals surface area contributed by atoms with Crippen LogP contribution in [0.2, 0.25) is 0 Å². The first-order chi connectivity index (χ1) is 8.10. The van der Waals surface area contributed by atoms with Crippen LogP contribution in [0.4, 0.5) is 4.39 Å². The molecule has 1 unspecified atom stereocenters. The molecular weight excluding hydrogens is 225 g/mol. The van der Waals surface area contributed by atoms with Crippen LogP contribution >= 0.6 is 0 Å². The van der Waals surface area contributed by atoms with E-state index in [-0.39, 0.29) is 24.1 Å². The molecular formula is C11H12FN3O2. The summed E-state index contributed by atoms with van der Waals surface area (Å²) in [6, 6.07) is 4.43. The summed E-state index contributed by atoms with van der Waals surface area (Å²) in [5.74, 6) is -0.106. The Bertz CT molecular complexity index is 507. The van der Waals surface area contributed by atoms with E-state index in [1.54, 1.807) is 13.0 Å². The van der Waals surface area contributed by atoms with Crippen LogP contribution < -0.4 is 5.73 Å². The smallest absolute Gasteiger partial charge is 0.257 e. The fourth-order valence-electron chi connectivity index (χ4n) is 1.45. The quantitative estimate of drug-likeness (QED) is 0.837. The summed E-state index contributed by atoms with van der Waals surface area (Å²) in [4.78, 5) is 3.96. The third-order valence-electron chi connectivity index (χ3n) is 2.25. The van der Waals surface area contributed by atoms with Gasteiger partial charge in [-0.2, -0.15) is 4.98 Å². The Labute approximate surface area is 97.1 Å². The molecule has 0 fully saturated rings. The maximum Gasteiger partial charge on any atom is 0.257 e. The topological polar surface area (TPSA) is 85.2 Å². The second-order valence-corrected chi connectivity index (χ2v) is 3.72. The lowest BCUT2D eigenvalue weighted by atomic mass is 10.1. The van der Waals surface area contributed by atoms with Gasteiger partial charge in [0.2, 0.25) is 5.82 Å². The SMILES string of the molecule is Cc1cc(F)cc(-c2noc(C(O)CN)n2)c1. The van der Waals surface area contributed by atoms with Crippen molar-refractivity contribution in [2.45, 2.75) is 13.0 Å². The number of nitrogens with zero attached hydrogens (tertiary/aromatic N) is 2. The van der Waals surface area contributed by atoms with Crippen molar-refractivity contribution >= 4 is 0 Å². The molecule has 90 valence electrons. The van der Waals surface area contributed by atoms with E-state index in [1.165, 1.54) is 12.1 Å². The van der Waals surface area contributed by atoms with Gasteiger partial charge < -0.3 is 15.4 Å². The molecule has 0 spiro atoms. The molecule has 6 heteroatoms. The maximum absolute atomic E-state index is 13.2. The number of aliphatic hydroxyl groups is 1. The predicted molar refractivity (Wildman–Crippen MR) is 58.4 cm³/mol. The largest absolute Gasteiger partial charge is 0.382 e. The zero-order valence-electron chi connectivity index (χ0n) is 9.22. The standard InChI is InChI=1S/C11H12FN3O2/c1-6-2-7(4-8(12)3-6)10-14-11(17-15-10)9(16)5-13/h2-4,9,16H,5,13H2,1H3. The first-order valence-electron chi connectivity index (χ1n) is 5.09. The van der Waals surface area contributed by atoms with Crippen molar-refractivity contribution in [3.63, 3.8) is 0 Å². The van der Waals surface area contributed by atoms with Crippen molar-refractivity contribution in [1.29, 1.82) is 0 Å². The van der Waals surface area contributed by atoms with E-state index in [4.69, 9.17) is 10.3 Å². The number of rotatable bonds is 3. The minimum atomic E-state index is -0.995. The van der Waals surface area contributed by atoms with Gasteiger partial charge in [-0.15, -0.1) is 0 Å². The predicted octanol–water partition coefficient (Wildman–Crippen LogP) is 1.18. The number of aryl methyl sites for hydroxylation is 1. The zero-order valence-corrected chi connectivity index (χ0v) is 9.22. The molecule has 0 bridgehead atoms. The molecule has 0 aliphatic rings. The van der Waals surface area contributed by atoms with Crippen molar-refractivity contribution in [1.82, 2.24) is 10.1 Å². The molecule has 1 atom stereocenters. The lowest BCUT2D eigenvalue weighted by Crippen LogP contribution is -2.11. The normalized spacial score (nSPS) is 12.7. The zero-order chi connectivity index (χ0) is 12.4. The van der Waals surface area contributed by atoms with Gasteiger partial charge in [0, 0.05) is 12.1 Å². The highest BCUT2D eigenvalue weighted by Crippen LogP contribution is 2.20. The second kappa shape index (κ2) is 4.60. The minimum absolute atomic E-state index is 0.0101. The molecule has 0 amide bonds. The molecule has 3 N–H and O–H groups in total. The van der Waals surface area contributed by atoms with Crippen molar-refractivity contribution in [2.24, 2.45) is 5.73 Å². The molecule has 1 aromatic carbocycles. The van der Waals surface area contributed by atoms with Crippen LogP contribution in [0.3, 0.4) is 0 Å². The van der Waals surface area contributed by atoms with E-state index in [2.05, 4.69) is 10.1 Å². The van der Waals surface area contributed by atoms with Crippen LogP contribution in [0.1, 0.15) is 17.6 Å². The number of hydrogen-bond acceptors (Lipinski definition) is 5. The number of halogens is 1. The van der Waals surface area contributed by atoms with Gasteiger partial charge >= 0.3 is 0 Å². The van der Waals surface area contributed by atoms with Gasteiger partial charge in [-0.1, -0.05) is 5.16 Å². The molecule has 1 aromatic heterocycles. The van der Waals surface area contributed by atoms with Crippen molar-refractivity contribution in [3.8, 4) is 11.4 Å². The van der Waals surface area contributed by atoms with Gasteiger partial charge in [0.25, 0.3) is 5.89 Å². The molecule has 2 aromatic rings. The fraction of sp³-hybridized carbons (Fsp3) is 0.273.